The van der Waals surface area contributed by atoms with Gasteiger partial charge >= 0.3 is 12.2 Å². The molecule has 2 aliphatic rings. The highest BCUT2D eigenvalue weighted by Crippen LogP contribution is 2.40. The number of carbonyl (C=O) groups excluding carboxylic acids is 4. The number of likely N-dealkylation sites (tertiary alicyclic amines) is 2. The van der Waals surface area contributed by atoms with E-state index in [0.29, 0.717) is 19.4 Å². The van der Waals surface area contributed by atoms with Gasteiger partial charge < -0.3 is 14.6 Å². The Labute approximate surface area is 244 Å². The summed E-state index contributed by atoms with van der Waals surface area (Å²) in [5.41, 5.74) is -1.70. The number of nitrogens with zero attached hydrogens (tertiary/aromatic N) is 2. The van der Waals surface area contributed by atoms with Crippen LogP contribution in [0.2, 0.25) is 0 Å². The SMILES string of the molecule is C.CC(=O)[C@@H]1CC(C)(C)C(O)N1C(=O)OC(C)(C)C.CC(=O)[C@@H]1CC(C)(C)CN1C(=O)OC(C)(C)C.S.S. The molecule has 3 atom stereocenters. The molecular weight excluding hydrogens is 528 g/mol. The zero-order valence-electron chi connectivity index (χ0n) is 24.6. The van der Waals surface area contributed by atoms with Gasteiger partial charge in [0.1, 0.15) is 17.4 Å². The molecule has 38 heavy (non-hydrogen) atoms. The van der Waals surface area contributed by atoms with Crippen LogP contribution in [0.4, 0.5) is 9.59 Å². The van der Waals surface area contributed by atoms with Gasteiger partial charge in [0.15, 0.2) is 11.6 Å². The van der Waals surface area contributed by atoms with E-state index in [2.05, 4.69) is 13.8 Å². The van der Waals surface area contributed by atoms with Gasteiger partial charge in [-0.2, -0.15) is 27.0 Å². The molecule has 0 aliphatic carbocycles. The summed E-state index contributed by atoms with van der Waals surface area (Å²) in [6.07, 6.45) is -0.866. The van der Waals surface area contributed by atoms with Gasteiger partial charge in [-0.3, -0.25) is 19.4 Å². The number of hydrogen-bond donors (Lipinski definition) is 1. The predicted molar refractivity (Wildman–Crippen MR) is 160 cm³/mol. The van der Waals surface area contributed by atoms with Gasteiger partial charge in [-0.15, -0.1) is 0 Å². The molecule has 1 unspecified atom stereocenters. The monoisotopic (exact) mass is 582 g/mol. The van der Waals surface area contributed by atoms with E-state index in [0.717, 1.165) is 4.90 Å². The van der Waals surface area contributed by atoms with Crippen LogP contribution in [0, 0.1) is 10.8 Å². The van der Waals surface area contributed by atoms with Crippen molar-refractivity contribution in [1.29, 1.82) is 0 Å². The highest BCUT2D eigenvalue weighted by molar-refractivity contribution is 7.59. The first-order valence-corrected chi connectivity index (χ1v) is 12.2. The van der Waals surface area contributed by atoms with Crippen LogP contribution in [0.5, 0.6) is 0 Å². The summed E-state index contributed by atoms with van der Waals surface area (Å²) in [7, 11) is 0. The normalized spacial score (nSPS) is 23.4. The predicted octanol–water partition coefficient (Wildman–Crippen LogP) is 5.40. The maximum atomic E-state index is 12.1. The lowest BCUT2D eigenvalue weighted by Crippen LogP contribution is -2.48. The molecule has 0 spiro atoms. The lowest BCUT2D eigenvalue weighted by molar-refractivity contribution is -0.123. The molecule has 0 aromatic rings. The Balaban J connectivity index is -0.000000598. The van der Waals surface area contributed by atoms with Gasteiger partial charge in [0.2, 0.25) is 0 Å². The zero-order chi connectivity index (χ0) is 27.7. The largest absolute Gasteiger partial charge is 0.444 e. The van der Waals surface area contributed by atoms with Crippen LogP contribution in [-0.4, -0.2) is 74.7 Å². The van der Waals surface area contributed by atoms with Crippen molar-refractivity contribution in [3.05, 3.63) is 0 Å². The number of rotatable bonds is 2. The van der Waals surface area contributed by atoms with Crippen molar-refractivity contribution >= 4 is 50.7 Å². The molecule has 0 bridgehead atoms. The Hall–Kier alpha value is -1.46. The lowest BCUT2D eigenvalue weighted by Gasteiger charge is -2.31. The van der Waals surface area contributed by atoms with Crippen molar-refractivity contribution in [2.24, 2.45) is 10.8 Å². The molecule has 2 rings (SSSR count). The van der Waals surface area contributed by atoms with Crippen LogP contribution in [0.25, 0.3) is 0 Å². The average Bonchev–Trinajstić information content (AvgIpc) is 3.06. The molecule has 0 aromatic heterocycles. The Morgan fingerprint density at radius 2 is 1.16 bits per heavy atom. The second-order valence-electron chi connectivity index (χ2n) is 13.2. The molecule has 2 aliphatic heterocycles. The molecule has 11 heteroatoms. The minimum atomic E-state index is -0.999. The standard InChI is InChI=1S/C13H23NO4.C13H23NO3.CH4.2H2S/c1-8(15)9-7-13(5,6)10(16)14(9)11(17)18-12(2,3)4;1-9(15)10-7-13(5,6)8-14(10)11(16)17-12(2,3)4;;;/h9-10,16H,7H2,1-6H3;10H,7-8H2,1-6H3;1H4;2*1H2/t9-,10?;10-;;;/m00.../s1. The molecule has 2 fully saturated rings. The molecule has 2 heterocycles. The molecule has 0 aromatic carbocycles. The zero-order valence-corrected chi connectivity index (χ0v) is 26.6. The third-order valence-corrected chi connectivity index (χ3v) is 5.91. The molecule has 9 nitrogen and oxygen atoms in total. The fraction of sp³-hybridized carbons (Fsp3) is 0.852. The molecule has 0 radical (unpaired) electrons. The first kappa shape index (κ1) is 41.0. The van der Waals surface area contributed by atoms with Crippen LogP contribution in [0.1, 0.15) is 103 Å². The van der Waals surface area contributed by atoms with E-state index in [1.54, 1.807) is 25.7 Å². The van der Waals surface area contributed by atoms with Crippen LogP contribution in [-0.2, 0) is 19.1 Å². The minimum Gasteiger partial charge on any atom is -0.444 e. The highest BCUT2D eigenvalue weighted by atomic mass is 32.1. The van der Waals surface area contributed by atoms with Crippen LogP contribution in [0.3, 0.4) is 0 Å². The maximum absolute atomic E-state index is 12.1. The van der Waals surface area contributed by atoms with E-state index in [9.17, 15) is 24.3 Å². The second-order valence-corrected chi connectivity index (χ2v) is 13.2. The topological polar surface area (TPSA) is 113 Å². The number of ketones is 2. The number of hydrogen-bond acceptors (Lipinski definition) is 7. The van der Waals surface area contributed by atoms with Gasteiger partial charge in [0.05, 0.1) is 12.1 Å². The number of ether oxygens (including phenoxy) is 2. The maximum Gasteiger partial charge on any atom is 0.412 e. The smallest absolute Gasteiger partial charge is 0.412 e. The van der Waals surface area contributed by atoms with E-state index >= 15 is 0 Å². The van der Waals surface area contributed by atoms with Crippen LogP contribution in [0.15, 0.2) is 0 Å². The van der Waals surface area contributed by atoms with Gasteiger partial charge in [-0.25, -0.2) is 9.59 Å². The van der Waals surface area contributed by atoms with Crippen molar-refractivity contribution in [2.75, 3.05) is 6.54 Å². The average molecular weight is 583 g/mol. The third kappa shape index (κ3) is 11.7. The summed E-state index contributed by atoms with van der Waals surface area (Å²) in [4.78, 5) is 50.0. The van der Waals surface area contributed by atoms with Crippen molar-refractivity contribution in [1.82, 2.24) is 9.80 Å². The minimum absolute atomic E-state index is 0. The van der Waals surface area contributed by atoms with E-state index in [1.807, 2.05) is 34.6 Å². The number of Topliss-reactive ketones (excluding diaryl/α,β-unsaturated/α-hetero) is 2. The fourth-order valence-electron chi connectivity index (χ4n) is 4.28. The number of aliphatic hydroxyl groups is 1. The summed E-state index contributed by atoms with van der Waals surface area (Å²) in [6, 6.07) is -0.940. The number of amides is 2. The summed E-state index contributed by atoms with van der Waals surface area (Å²) in [5, 5.41) is 10.2. The van der Waals surface area contributed by atoms with Gasteiger partial charge in [0, 0.05) is 12.0 Å². The van der Waals surface area contributed by atoms with E-state index < -0.39 is 35.0 Å². The van der Waals surface area contributed by atoms with E-state index in [1.165, 1.54) is 13.8 Å². The number of carbonyl (C=O) groups is 4. The van der Waals surface area contributed by atoms with E-state index in [-0.39, 0.29) is 63.5 Å². The lowest BCUT2D eigenvalue weighted by atomic mass is 9.88. The Kier molecular flexibility index (Phi) is 15.4. The van der Waals surface area contributed by atoms with E-state index in [4.69, 9.17) is 9.47 Å². The van der Waals surface area contributed by atoms with Gasteiger partial charge in [-0.05, 0) is 73.6 Å². The molecular formula is C27H54N2O7S2. The summed E-state index contributed by atoms with van der Waals surface area (Å²) < 4.78 is 10.6. The van der Waals surface area contributed by atoms with Crippen molar-refractivity contribution in [2.45, 2.75) is 133 Å². The second kappa shape index (κ2) is 14.3. The summed E-state index contributed by atoms with van der Waals surface area (Å²) in [5.74, 6) is -0.105. The first-order chi connectivity index (χ1) is 15.5. The molecule has 0 saturated carbocycles. The molecule has 1 N–H and O–H groups in total. The van der Waals surface area contributed by atoms with Crippen molar-refractivity contribution < 1.29 is 33.8 Å². The quantitative estimate of drug-likeness (QED) is 0.464. The third-order valence-electron chi connectivity index (χ3n) is 5.91. The molecule has 2 amide bonds. The van der Waals surface area contributed by atoms with Gasteiger partial charge in [0.25, 0.3) is 0 Å². The van der Waals surface area contributed by atoms with Gasteiger partial charge in [-0.1, -0.05) is 35.1 Å². The van der Waals surface area contributed by atoms with Crippen LogP contribution < -0.4 is 0 Å². The fourth-order valence-corrected chi connectivity index (χ4v) is 4.28. The first-order valence-electron chi connectivity index (χ1n) is 12.2. The molecule has 2 saturated heterocycles. The molecule has 226 valence electrons. The number of aliphatic hydroxyl groups excluding tert-OH is 1. The summed E-state index contributed by atoms with van der Waals surface area (Å²) >= 11 is 0. The van der Waals surface area contributed by atoms with Crippen LogP contribution >= 0.6 is 27.0 Å². The van der Waals surface area contributed by atoms with Crippen molar-refractivity contribution in [3.63, 3.8) is 0 Å². The highest BCUT2D eigenvalue weighted by Gasteiger charge is 2.51. The van der Waals surface area contributed by atoms with Crippen molar-refractivity contribution in [3.8, 4) is 0 Å². The Morgan fingerprint density at radius 1 is 0.763 bits per heavy atom. The summed E-state index contributed by atoms with van der Waals surface area (Å²) in [6.45, 7) is 22.1. The Morgan fingerprint density at radius 3 is 1.53 bits per heavy atom. The Bertz CT molecular complexity index is 832.